The second-order valence-corrected chi connectivity index (χ2v) is 6.01. The first kappa shape index (κ1) is 16.2. The summed E-state index contributed by atoms with van der Waals surface area (Å²) in [4.78, 5) is 12.5. The second-order valence-electron chi connectivity index (χ2n) is 5.58. The van der Waals surface area contributed by atoms with Crippen molar-refractivity contribution in [3.8, 4) is 11.1 Å². The Hall–Kier alpha value is -2.65. The van der Waals surface area contributed by atoms with E-state index < -0.39 is 0 Å². The number of amides is 1. The van der Waals surface area contributed by atoms with Gasteiger partial charge in [-0.3, -0.25) is 4.79 Å². The largest absolute Gasteiger partial charge is 0.320 e. The van der Waals surface area contributed by atoms with Crippen molar-refractivity contribution in [2.45, 2.75) is 13.0 Å². The molecule has 1 aromatic heterocycles. The predicted octanol–water partition coefficient (Wildman–Crippen LogP) is 4.49. The quantitative estimate of drug-likeness (QED) is 0.699. The fourth-order valence-electron chi connectivity index (χ4n) is 2.45. The first-order valence-corrected chi connectivity index (χ1v) is 8.14. The second kappa shape index (κ2) is 7.28. The number of hydrogen-bond donors (Lipinski definition) is 1. The number of nitrogens with zero attached hydrogens (tertiary/aromatic N) is 1. The minimum absolute atomic E-state index is 0.0764. The number of anilines is 1. The van der Waals surface area contributed by atoms with Crippen molar-refractivity contribution in [2.75, 3.05) is 5.32 Å². The molecule has 2 aromatic carbocycles. The van der Waals surface area contributed by atoms with E-state index in [1.54, 1.807) is 24.3 Å². The summed E-state index contributed by atoms with van der Waals surface area (Å²) in [7, 11) is 0. The normalized spacial score (nSPS) is 11.8. The molecule has 0 aliphatic carbocycles. The zero-order chi connectivity index (χ0) is 16.9. The standard InChI is InChI=1S/C20H17ClN2O/c1-15(20(24)22-19-11-9-18(21)10-12-19)23-13-5-8-17(14-23)16-6-3-2-4-7-16/h2-15H,1H3/p+1/t15-/m1/s1. The molecule has 1 N–H and O–H groups in total. The van der Waals surface area contributed by atoms with Crippen LogP contribution in [0.15, 0.2) is 79.1 Å². The van der Waals surface area contributed by atoms with Crippen molar-refractivity contribution in [3.63, 3.8) is 0 Å². The Morgan fingerprint density at radius 1 is 0.958 bits per heavy atom. The lowest BCUT2D eigenvalue weighted by molar-refractivity contribution is -0.705. The lowest BCUT2D eigenvalue weighted by Gasteiger charge is -2.10. The number of nitrogens with one attached hydrogen (secondary N) is 1. The highest BCUT2D eigenvalue weighted by molar-refractivity contribution is 6.30. The van der Waals surface area contributed by atoms with Crippen LogP contribution in [-0.4, -0.2) is 5.91 Å². The molecule has 0 saturated heterocycles. The number of pyridine rings is 1. The molecule has 1 amide bonds. The molecule has 3 aromatic rings. The molecule has 0 aliphatic heterocycles. The van der Waals surface area contributed by atoms with Crippen LogP contribution in [0.3, 0.4) is 0 Å². The number of benzene rings is 2. The topological polar surface area (TPSA) is 33.0 Å². The third-order valence-electron chi connectivity index (χ3n) is 3.87. The van der Waals surface area contributed by atoms with Gasteiger partial charge in [0.1, 0.15) is 0 Å². The van der Waals surface area contributed by atoms with E-state index in [2.05, 4.69) is 17.4 Å². The van der Waals surface area contributed by atoms with Crippen LogP contribution in [0.5, 0.6) is 0 Å². The van der Waals surface area contributed by atoms with Gasteiger partial charge in [0.15, 0.2) is 12.4 Å². The third-order valence-corrected chi connectivity index (χ3v) is 4.12. The minimum Gasteiger partial charge on any atom is -0.320 e. The number of halogens is 1. The van der Waals surface area contributed by atoms with Crippen LogP contribution in [0.2, 0.25) is 5.02 Å². The number of carbonyl (C=O) groups is 1. The maximum Gasteiger partial charge on any atom is 0.293 e. The molecule has 0 radical (unpaired) electrons. The van der Waals surface area contributed by atoms with Gasteiger partial charge in [0.05, 0.1) is 0 Å². The van der Waals surface area contributed by atoms with Gasteiger partial charge in [0, 0.05) is 29.3 Å². The van der Waals surface area contributed by atoms with Gasteiger partial charge in [-0.1, -0.05) is 41.9 Å². The molecular formula is C20H18ClN2O+. The molecule has 4 heteroatoms. The maximum absolute atomic E-state index is 12.5. The zero-order valence-corrected chi connectivity index (χ0v) is 14.1. The number of hydrogen-bond acceptors (Lipinski definition) is 1. The van der Waals surface area contributed by atoms with E-state index in [4.69, 9.17) is 11.6 Å². The molecule has 0 spiro atoms. The van der Waals surface area contributed by atoms with Crippen LogP contribution in [-0.2, 0) is 4.79 Å². The van der Waals surface area contributed by atoms with E-state index in [0.717, 1.165) is 16.8 Å². The molecule has 3 nitrogen and oxygen atoms in total. The third kappa shape index (κ3) is 3.81. The number of rotatable bonds is 4. The van der Waals surface area contributed by atoms with Crippen LogP contribution < -0.4 is 9.88 Å². The van der Waals surface area contributed by atoms with Crippen molar-refractivity contribution < 1.29 is 9.36 Å². The summed E-state index contributed by atoms with van der Waals surface area (Å²) in [6, 6.07) is 20.9. The Balaban J connectivity index is 1.78. The van der Waals surface area contributed by atoms with E-state index in [1.807, 2.05) is 54.2 Å². The molecule has 1 heterocycles. The Kier molecular flexibility index (Phi) is 4.92. The summed E-state index contributed by atoms with van der Waals surface area (Å²) in [6.07, 6.45) is 3.89. The lowest BCUT2D eigenvalue weighted by atomic mass is 10.1. The summed E-state index contributed by atoms with van der Waals surface area (Å²) in [5.41, 5.74) is 2.93. The van der Waals surface area contributed by atoms with E-state index in [0.29, 0.717) is 5.02 Å². The molecule has 0 aliphatic rings. The molecule has 3 rings (SSSR count). The Morgan fingerprint density at radius 2 is 1.62 bits per heavy atom. The number of carbonyl (C=O) groups excluding carboxylic acids is 1. The summed E-state index contributed by atoms with van der Waals surface area (Å²) in [5.74, 6) is -0.0764. The minimum atomic E-state index is -0.329. The number of aromatic nitrogens is 1. The predicted molar refractivity (Wildman–Crippen MR) is 96.9 cm³/mol. The van der Waals surface area contributed by atoms with E-state index in [9.17, 15) is 4.79 Å². The summed E-state index contributed by atoms with van der Waals surface area (Å²) in [5, 5.41) is 3.55. The van der Waals surface area contributed by atoms with Gasteiger partial charge >= 0.3 is 0 Å². The molecule has 0 unspecified atom stereocenters. The first-order valence-electron chi connectivity index (χ1n) is 7.76. The Morgan fingerprint density at radius 3 is 2.33 bits per heavy atom. The van der Waals surface area contributed by atoms with Crippen LogP contribution in [0.4, 0.5) is 5.69 Å². The fraction of sp³-hybridized carbons (Fsp3) is 0.100. The van der Waals surface area contributed by atoms with Gasteiger partial charge in [-0.15, -0.1) is 0 Å². The van der Waals surface area contributed by atoms with Crippen molar-refractivity contribution in [1.82, 2.24) is 0 Å². The maximum atomic E-state index is 12.5. The highest BCUT2D eigenvalue weighted by Gasteiger charge is 2.22. The average molecular weight is 338 g/mol. The molecule has 0 bridgehead atoms. The molecule has 120 valence electrons. The first-order chi connectivity index (χ1) is 11.6. The highest BCUT2D eigenvalue weighted by Crippen LogP contribution is 2.17. The Bertz CT molecular complexity index is 832. The molecule has 1 atom stereocenters. The summed E-state index contributed by atoms with van der Waals surface area (Å²) in [6.45, 7) is 1.88. The van der Waals surface area contributed by atoms with Crippen molar-refractivity contribution >= 4 is 23.2 Å². The van der Waals surface area contributed by atoms with Crippen LogP contribution in [0.1, 0.15) is 13.0 Å². The van der Waals surface area contributed by atoms with E-state index in [1.165, 1.54) is 0 Å². The van der Waals surface area contributed by atoms with Gasteiger partial charge in [-0.2, -0.15) is 4.57 Å². The van der Waals surface area contributed by atoms with E-state index in [-0.39, 0.29) is 11.9 Å². The average Bonchev–Trinajstić information content (AvgIpc) is 2.64. The van der Waals surface area contributed by atoms with Gasteiger partial charge in [0.2, 0.25) is 6.04 Å². The van der Waals surface area contributed by atoms with Crippen LogP contribution in [0, 0.1) is 0 Å². The molecular weight excluding hydrogens is 320 g/mol. The summed E-state index contributed by atoms with van der Waals surface area (Å²) < 4.78 is 1.91. The van der Waals surface area contributed by atoms with E-state index >= 15 is 0 Å². The van der Waals surface area contributed by atoms with Crippen LogP contribution in [0.25, 0.3) is 11.1 Å². The van der Waals surface area contributed by atoms with Gasteiger partial charge in [-0.25, -0.2) is 0 Å². The monoisotopic (exact) mass is 337 g/mol. The molecule has 24 heavy (non-hydrogen) atoms. The van der Waals surface area contributed by atoms with Gasteiger partial charge in [-0.05, 0) is 35.9 Å². The molecule has 0 fully saturated rings. The molecule has 0 saturated carbocycles. The fourth-order valence-corrected chi connectivity index (χ4v) is 2.58. The SMILES string of the molecule is C[C@H](C(=O)Nc1ccc(Cl)cc1)[n+]1cccc(-c2ccccc2)c1. The van der Waals surface area contributed by atoms with Crippen molar-refractivity contribution in [2.24, 2.45) is 0 Å². The van der Waals surface area contributed by atoms with Crippen molar-refractivity contribution in [1.29, 1.82) is 0 Å². The van der Waals surface area contributed by atoms with Crippen LogP contribution >= 0.6 is 11.6 Å². The zero-order valence-electron chi connectivity index (χ0n) is 13.3. The summed E-state index contributed by atoms with van der Waals surface area (Å²) >= 11 is 5.87. The van der Waals surface area contributed by atoms with Crippen molar-refractivity contribution in [3.05, 3.63) is 84.1 Å². The van der Waals surface area contributed by atoms with Gasteiger partial charge in [0.25, 0.3) is 5.91 Å². The highest BCUT2D eigenvalue weighted by atomic mass is 35.5. The smallest absolute Gasteiger partial charge is 0.293 e. The Labute approximate surface area is 146 Å². The van der Waals surface area contributed by atoms with Gasteiger partial charge < -0.3 is 5.32 Å². The lowest BCUT2D eigenvalue weighted by Crippen LogP contribution is -2.44.